The van der Waals surface area contributed by atoms with Crippen molar-refractivity contribution in [3.8, 4) is 11.8 Å². The predicted molar refractivity (Wildman–Crippen MR) is 22.6 cm³/mol. The Labute approximate surface area is 36.5 Å². The largest absolute Gasteiger partial charge is 0.248 e. The van der Waals surface area contributed by atoms with Crippen LogP contribution in [0.2, 0.25) is 0 Å². The summed E-state index contributed by atoms with van der Waals surface area (Å²) in [6, 6.07) is 0. The first-order chi connectivity index (χ1) is 2.91. The molecule has 0 atom stereocenters. The third kappa shape index (κ3) is 3.16. The van der Waals surface area contributed by atoms with Crippen molar-refractivity contribution in [2.75, 3.05) is 6.54 Å². The van der Waals surface area contributed by atoms with Crippen molar-refractivity contribution >= 4 is 0 Å². The Morgan fingerprint density at radius 1 is 1.83 bits per heavy atom. The molecule has 32 valence electrons. The second-order valence-corrected chi connectivity index (χ2v) is 0.748. The van der Waals surface area contributed by atoms with Crippen LogP contribution in [-0.2, 0) is 0 Å². The molecule has 0 aliphatic rings. The maximum Gasteiger partial charge on any atom is 0.248 e. The Bertz CT molecular complexity index is 87.5. The molecule has 1 N–H and O–H groups in total. The minimum atomic E-state index is 0.247. The van der Waals surface area contributed by atoms with Crippen LogP contribution < -0.4 is 5.18 Å². The van der Waals surface area contributed by atoms with Crippen LogP contribution in [-0.4, -0.2) is 6.54 Å². The molecular weight excluding hydrogens is 78.0 g/mol. The lowest BCUT2D eigenvalue weighted by Gasteiger charge is -1.53. The SMILES string of the molecule is CC#CC[NH+]=O. The highest BCUT2D eigenvalue weighted by Gasteiger charge is 1.68. The van der Waals surface area contributed by atoms with Crippen LogP contribution in [0.25, 0.3) is 0 Å². The molecule has 0 aliphatic carbocycles. The second kappa shape index (κ2) is 4.16. The van der Waals surface area contributed by atoms with Gasteiger partial charge in [0.15, 0.2) is 0 Å². The Kier molecular flexibility index (Phi) is 3.58. The van der Waals surface area contributed by atoms with Gasteiger partial charge in [-0.15, -0.1) is 5.92 Å². The van der Waals surface area contributed by atoms with E-state index in [2.05, 4.69) is 11.8 Å². The van der Waals surface area contributed by atoms with E-state index in [4.69, 9.17) is 0 Å². The Balaban J connectivity index is 3.00. The first-order valence-electron chi connectivity index (χ1n) is 1.66. The van der Waals surface area contributed by atoms with Crippen LogP contribution in [0.1, 0.15) is 6.92 Å². The number of nitrogens with one attached hydrogen (secondary N) is 1. The van der Waals surface area contributed by atoms with Gasteiger partial charge in [-0.3, -0.25) is 0 Å². The highest BCUT2D eigenvalue weighted by Crippen LogP contribution is 1.39. The third-order valence-electron chi connectivity index (χ3n) is 0.337. The van der Waals surface area contributed by atoms with E-state index >= 15 is 0 Å². The summed E-state index contributed by atoms with van der Waals surface area (Å²) in [5, 5.41) is 1.64. The Morgan fingerprint density at radius 3 is 2.67 bits per heavy atom. The zero-order valence-electron chi connectivity index (χ0n) is 3.62. The summed E-state index contributed by atoms with van der Waals surface area (Å²) in [6.07, 6.45) is 0. The number of rotatable bonds is 1. The average Bonchev–Trinajstić information content (AvgIpc) is 1.61. The molecule has 0 saturated carbocycles. The van der Waals surface area contributed by atoms with Crippen molar-refractivity contribution < 1.29 is 5.18 Å². The molecule has 0 radical (unpaired) electrons. The van der Waals surface area contributed by atoms with Gasteiger partial charge in [0.05, 0.1) is 0 Å². The molecule has 2 nitrogen and oxygen atoms in total. The molecule has 0 aliphatic heterocycles. The minimum absolute atomic E-state index is 0.247. The summed E-state index contributed by atoms with van der Waals surface area (Å²) >= 11 is 0. The molecule has 0 unspecified atom stereocenters. The first-order valence-corrected chi connectivity index (χ1v) is 1.66. The number of nitroso groups, excluding NO2 is 1. The quantitative estimate of drug-likeness (QED) is 0.400. The predicted octanol–water partition coefficient (Wildman–Crippen LogP) is -1.14. The van der Waals surface area contributed by atoms with Crippen LogP contribution >= 0.6 is 0 Å². The van der Waals surface area contributed by atoms with Gasteiger partial charge in [-0.1, -0.05) is 0 Å². The molecule has 0 aromatic rings. The van der Waals surface area contributed by atoms with E-state index in [1.807, 2.05) is 0 Å². The van der Waals surface area contributed by atoms with Gasteiger partial charge in [0.25, 0.3) is 0 Å². The Hall–Kier alpha value is -0.840. The molecule has 0 rings (SSSR count). The van der Waals surface area contributed by atoms with Gasteiger partial charge in [0.2, 0.25) is 6.54 Å². The van der Waals surface area contributed by atoms with E-state index in [0.29, 0.717) is 0 Å². The molecule has 0 aromatic heterocycles. The highest BCUT2D eigenvalue weighted by atomic mass is 16.3. The molecule has 0 heterocycles. The van der Waals surface area contributed by atoms with E-state index < -0.39 is 0 Å². The van der Waals surface area contributed by atoms with Crippen molar-refractivity contribution in [1.82, 2.24) is 0 Å². The molecule has 6 heavy (non-hydrogen) atoms. The van der Waals surface area contributed by atoms with Crippen LogP contribution in [0, 0.1) is 16.7 Å². The van der Waals surface area contributed by atoms with Gasteiger partial charge in [0.1, 0.15) is 0 Å². The van der Waals surface area contributed by atoms with Crippen LogP contribution in [0.5, 0.6) is 0 Å². The fraction of sp³-hybridized carbons (Fsp3) is 0.500. The maximum absolute atomic E-state index is 9.34. The van der Waals surface area contributed by atoms with Crippen LogP contribution in [0.4, 0.5) is 0 Å². The number of hydrogen-bond acceptors (Lipinski definition) is 1. The van der Waals surface area contributed by atoms with Crippen molar-refractivity contribution in [2.45, 2.75) is 6.92 Å². The molecule has 0 bridgehead atoms. The standard InChI is InChI=1S/C4H5NO/c1-2-3-4-5-6/h4H2,1H3/p+1. The van der Waals surface area contributed by atoms with Crippen molar-refractivity contribution in [3.05, 3.63) is 4.91 Å². The van der Waals surface area contributed by atoms with Crippen molar-refractivity contribution in [3.63, 3.8) is 0 Å². The summed E-state index contributed by atoms with van der Waals surface area (Å²) in [5.74, 6) is 5.08. The van der Waals surface area contributed by atoms with Crippen LogP contribution in [0.15, 0.2) is 0 Å². The highest BCUT2D eigenvalue weighted by molar-refractivity contribution is 4.93. The monoisotopic (exact) mass is 84.0 g/mol. The van der Waals surface area contributed by atoms with E-state index in [9.17, 15) is 4.91 Å². The van der Waals surface area contributed by atoms with Crippen molar-refractivity contribution in [2.24, 2.45) is 0 Å². The fourth-order valence-electron chi connectivity index (χ4n) is 0.124. The minimum Gasteiger partial charge on any atom is -0.100 e. The van der Waals surface area contributed by atoms with Gasteiger partial charge >= 0.3 is 0 Å². The molecule has 0 amide bonds. The van der Waals surface area contributed by atoms with E-state index in [1.165, 1.54) is 0 Å². The van der Waals surface area contributed by atoms with Gasteiger partial charge in [-0.05, 0) is 18.0 Å². The lowest BCUT2D eigenvalue weighted by molar-refractivity contribution is -0.465. The second-order valence-electron chi connectivity index (χ2n) is 0.748. The average molecular weight is 84.1 g/mol. The topological polar surface area (TPSA) is 31.0 Å². The van der Waals surface area contributed by atoms with E-state index in [1.54, 1.807) is 12.1 Å². The normalized spacial score (nSPS) is 5.50. The summed E-state index contributed by atoms with van der Waals surface area (Å²) < 4.78 is 0. The zero-order chi connectivity index (χ0) is 4.83. The fourth-order valence-corrected chi connectivity index (χ4v) is 0.124. The van der Waals surface area contributed by atoms with Crippen molar-refractivity contribution in [1.29, 1.82) is 0 Å². The lowest BCUT2D eigenvalue weighted by atomic mass is 10.6. The van der Waals surface area contributed by atoms with Gasteiger partial charge in [0, 0.05) is 4.91 Å². The molecule has 0 fully saturated rings. The molecule has 0 aromatic carbocycles. The van der Waals surface area contributed by atoms with Crippen LogP contribution in [0.3, 0.4) is 0 Å². The zero-order valence-corrected chi connectivity index (χ0v) is 3.62. The maximum atomic E-state index is 9.34. The van der Waals surface area contributed by atoms with Gasteiger partial charge < -0.3 is 0 Å². The first kappa shape index (κ1) is 5.16. The van der Waals surface area contributed by atoms with Gasteiger partial charge in [-0.25, -0.2) is 0 Å². The number of hydrogen-bond donors (Lipinski definition) is 1. The Morgan fingerprint density at radius 2 is 2.50 bits per heavy atom. The molecule has 2 heteroatoms. The summed E-state index contributed by atoms with van der Waals surface area (Å²) in [6.45, 7) is 1.94. The summed E-state index contributed by atoms with van der Waals surface area (Å²) in [5.41, 5.74) is 0. The summed E-state index contributed by atoms with van der Waals surface area (Å²) in [7, 11) is 0. The molecular formula is C4H6NO+. The third-order valence-corrected chi connectivity index (χ3v) is 0.337. The molecule has 0 saturated heterocycles. The molecule has 0 spiro atoms. The smallest absolute Gasteiger partial charge is 0.100 e. The van der Waals surface area contributed by atoms with E-state index in [0.717, 1.165) is 0 Å². The van der Waals surface area contributed by atoms with Gasteiger partial charge in [-0.2, -0.15) is 0 Å². The van der Waals surface area contributed by atoms with E-state index in [-0.39, 0.29) is 6.54 Å². The lowest BCUT2D eigenvalue weighted by Crippen LogP contribution is -2.63. The summed E-state index contributed by atoms with van der Waals surface area (Å²) in [4.78, 5) is 9.34.